The molecule has 0 bridgehead atoms. The molecule has 0 heterocycles. The van der Waals surface area contributed by atoms with Crippen LogP contribution in [0.25, 0.3) is 10.8 Å². The number of fused-ring (bicyclic) bond motifs is 1. The molecule has 0 N–H and O–H groups in total. The molecule has 0 unspecified atom stereocenters. The predicted molar refractivity (Wildman–Crippen MR) is 107 cm³/mol. The molecule has 0 amide bonds. The van der Waals surface area contributed by atoms with E-state index in [4.69, 9.17) is 0 Å². The second-order valence-corrected chi connectivity index (χ2v) is 10.4. The monoisotopic (exact) mass is 404 g/mol. The van der Waals surface area contributed by atoms with E-state index in [1.54, 1.807) is 12.1 Å². The molecular formula is C19H20N2O4S2. The second kappa shape index (κ2) is 6.95. The van der Waals surface area contributed by atoms with Gasteiger partial charge in [-0.2, -0.15) is 0 Å². The number of rotatable bonds is 5. The van der Waals surface area contributed by atoms with Crippen molar-refractivity contribution in [3.8, 4) is 0 Å². The van der Waals surface area contributed by atoms with E-state index in [9.17, 15) is 16.8 Å². The molecule has 3 aromatic rings. The van der Waals surface area contributed by atoms with Gasteiger partial charge in [-0.05, 0) is 47.2 Å². The summed E-state index contributed by atoms with van der Waals surface area (Å²) in [6, 6.07) is 18.3. The van der Waals surface area contributed by atoms with Gasteiger partial charge in [0.1, 0.15) is 0 Å². The zero-order chi connectivity index (χ0) is 19.8. The van der Waals surface area contributed by atoms with Gasteiger partial charge >= 0.3 is 0 Å². The number of nitrogens with zero attached hydrogens (tertiary/aromatic N) is 2. The van der Waals surface area contributed by atoms with Crippen molar-refractivity contribution in [2.45, 2.75) is 9.79 Å². The molecule has 142 valence electrons. The Kier molecular flexibility index (Phi) is 4.98. The molecule has 0 fully saturated rings. The van der Waals surface area contributed by atoms with E-state index in [0.717, 1.165) is 15.1 Å². The van der Waals surface area contributed by atoms with Gasteiger partial charge in [0, 0.05) is 21.1 Å². The van der Waals surface area contributed by atoms with Gasteiger partial charge in [0.05, 0.1) is 15.5 Å². The fourth-order valence-corrected chi connectivity index (χ4v) is 4.75. The first-order valence-electron chi connectivity index (χ1n) is 8.14. The third kappa shape index (κ3) is 3.55. The molecule has 0 spiro atoms. The van der Waals surface area contributed by atoms with Crippen LogP contribution >= 0.6 is 0 Å². The minimum absolute atomic E-state index is 0.0239. The van der Waals surface area contributed by atoms with Gasteiger partial charge < -0.3 is 0 Å². The molecule has 0 aliphatic heterocycles. The summed E-state index contributed by atoms with van der Waals surface area (Å²) in [5.74, 6) is 0. The van der Waals surface area contributed by atoms with Crippen LogP contribution in [0.4, 0.5) is 5.69 Å². The summed E-state index contributed by atoms with van der Waals surface area (Å²) in [7, 11) is -3.10. The van der Waals surface area contributed by atoms with Crippen molar-refractivity contribution < 1.29 is 16.8 Å². The molecule has 8 heteroatoms. The Bertz CT molecular complexity index is 1190. The summed E-state index contributed by atoms with van der Waals surface area (Å²) in [5, 5.41) is 1.95. The first-order valence-corrected chi connectivity index (χ1v) is 11.0. The average molecular weight is 405 g/mol. The van der Waals surface area contributed by atoms with Crippen LogP contribution in [0.5, 0.6) is 0 Å². The van der Waals surface area contributed by atoms with Crippen molar-refractivity contribution in [2.75, 3.05) is 25.4 Å². The lowest BCUT2D eigenvalue weighted by Crippen LogP contribution is -2.26. The van der Waals surface area contributed by atoms with Gasteiger partial charge in [-0.15, -0.1) is 0 Å². The minimum atomic E-state index is -3.82. The smallest absolute Gasteiger partial charge is 0.264 e. The average Bonchev–Trinajstić information content (AvgIpc) is 2.67. The highest BCUT2D eigenvalue weighted by Crippen LogP contribution is 2.26. The molecule has 0 atom stereocenters. The fraction of sp³-hybridized carbons (Fsp3) is 0.158. The third-order valence-corrected chi connectivity index (χ3v) is 7.99. The van der Waals surface area contributed by atoms with Crippen LogP contribution in [-0.4, -0.2) is 42.3 Å². The van der Waals surface area contributed by atoms with Gasteiger partial charge in [0.15, 0.2) is 0 Å². The van der Waals surface area contributed by atoms with E-state index in [1.165, 1.54) is 49.7 Å². The van der Waals surface area contributed by atoms with E-state index in [-0.39, 0.29) is 9.79 Å². The maximum atomic E-state index is 12.9. The molecule has 27 heavy (non-hydrogen) atoms. The standard InChI is InChI=1S/C19H20N2O4S2/c1-20(2)26(22,23)18-10-12-19(13-11-18)27(24,25)21(3)17-9-8-15-6-4-5-7-16(15)14-17/h4-14H,1-3H3. The largest absolute Gasteiger partial charge is 0.269 e. The van der Waals surface area contributed by atoms with Gasteiger partial charge in [-0.3, -0.25) is 4.31 Å². The molecule has 0 aromatic heterocycles. The van der Waals surface area contributed by atoms with E-state index in [0.29, 0.717) is 5.69 Å². The Morgan fingerprint density at radius 1 is 0.630 bits per heavy atom. The summed E-state index contributed by atoms with van der Waals surface area (Å²) in [4.78, 5) is 0.0654. The summed E-state index contributed by atoms with van der Waals surface area (Å²) in [5.41, 5.74) is 0.527. The topological polar surface area (TPSA) is 74.8 Å². The molecule has 0 saturated heterocycles. The SMILES string of the molecule is CN(C)S(=O)(=O)c1ccc(S(=O)(=O)N(C)c2ccc3ccccc3c2)cc1. The molecular weight excluding hydrogens is 384 g/mol. The maximum Gasteiger partial charge on any atom is 0.264 e. The lowest BCUT2D eigenvalue weighted by Gasteiger charge is -2.20. The summed E-state index contributed by atoms with van der Waals surface area (Å²) in [6.45, 7) is 0. The predicted octanol–water partition coefficient (Wildman–Crippen LogP) is 2.92. The van der Waals surface area contributed by atoms with Gasteiger partial charge in [0.25, 0.3) is 10.0 Å². The van der Waals surface area contributed by atoms with Crippen molar-refractivity contribution in [2.24, 2.45) is 0 Å². The molecule has 0 saturated carbocycles. The highest BCUT2D eigenvalue weighted by atomic mass is 32.2. The van der Waals surface area contributed by atoms with Crippen LogP contribution in [0.1, 0.15) is 0 Å². The highest BCUT2D eigenvalue weighted by Gasteiger charge is 2.23. The molecule has 6 nitrogen and oxygen atoms in total. The van der Waals surface area contributed by atoms with Crippen LogP contribution in [0.3, 0.4) is 0 Å². The van der Waals surface area contributed by atoms with Crippen LogP contribution < -0.4 is 4.31 Å². The second-order valence-electron chi connectivity index (χ2n) is 6.26. The highest BCUT2D eigenvalue weighted by molar-refractivity contribution is 7.92. The van der Waals surface area contributed by atoms with E-state index >= 15 is 0 Å². The molecule has 0 radical (unpaired) electrons. The van der Waals surface area contributed by atoms with Crippen LogP contribution in [0.2, 0.25) is 0 Å². The molecule has 0 aliphatic rings. The third-order valence-electron chi connectivity index (χ3n) is 4.36. The molecule has 0 aliphatic carbocycles. The number of hydrogen-bond donors (Lipinski definition) is 0. The minimum Gasteiger partial charge on any atom is -0.269 e. The Morgan fingerprint density at radius 3 is 1.70 bits per heavy atom. The normalized spacial score (nSPS) is 12.4. The van der Waals surface area contributed by atoms with Crippen molar-refractivity contribution in [1.82, 2.24) is 4.31 Å². The zero-order valence-electron chi connectivity index (χ0n) is 15.2. The van der Waals surface area contributed by atoms with Gasteiger partial charge in [-0.25, -0.2) is 21.1 Å². The van der Waals surface area contributed by atoms with Gasteiger partial charge in [0.2, 0.25) is 10.0 Å². The first kappa shape index (κ1) is 19.3. The Labute approximate surface area is 159 Å². The van der Waals surface area contributed by atoms with Gasteiger partial charge in [-0.1, -0.05) is 30.3 Å². The number of anilines is 1. The summed E-state index contributed by atoms with van der Waals surface area (Å²) >= 11 is 0. The number of benzene rings is 3. The van der Waals surface area contributed by atoms with Crippen molar-refractivity contribution >= 4 is 36.5 Å². The lowest BCUT2D eigenvalue weighted by molar-refractivity contribution is 0.520. The quantitative estimate of drug-likeness (QED) is 0.655. The van der Waals surface area contributed by atoms with E-state index in [2.05, 4.69) is 0 Å². The van der Waals surface area contributed by atoms with E-state index < -0.39 is 20.0 Å². The fourth-order valence-electron chi connectivity index (χ4n) is 2.66. The van der Waals surface area contributed by atoms with Crippen molar-refractivity contribution in [1.29, 1.82) is 0 Å². The number of hydrogen-bond acceptors (Lipinski definition) is 4. The first-order chi connectivity index (χ1) is 12.6. The van der Waals surface area contributed by atoms with Crippen molar-refractivity contribution in [3.63, 3.8) is 0 Å². The molecule has 3 aromatic carbocycles. The number of sulfonamides is 2. The Balaban J connectivity index is 1.97. The van der Waals surface area contributed by atoms with Crippen LogP contribution in [0, 0.1) is 0 Å². The summed E-state index contributed by atoms with van der Waals surface area (Å²) < 4.78 is 52.4. The Morgan fingerprint density at radius 2 is 1.15 bits per heavy atom. The zero-order valence-corrected chi connectivity index (χ0v) is 16.8. The lowest BCUT2D eigenvalue weighted by atomic mass is 10.1. The summed E-state index contributed by atoms with van der Waals surface area (Å²) in [6.07, 6.45) is 0. The van der Waals surface area contributed by atoms with Crippen LogP contribution in [0.15, 0.2) is 76.5 Å². The molecule has 3 rings (SSSR count). The van der Waals surface area contributed by atoms with Crippen molar-refractivity contribution in [3.05, 3.63) is 66.7 Å². The van der Waals surface area contributed by atoms with E-state index in [1.807, 2.05) is 30.3 Å². The maximum absolute atomic E-state index is 12.9. The van der Waals surface area contributed by atoms with Crippen LogP contribution in [-0.2, 0) is 20.0 Å². The Hall–Kier alpha value is -2.42.